The van der Waals surface area contributed by atoms with Crippen LogP contribution in [0.5, 0.6) is 11.6 Å². The van der Waals surface area contributed by atoms with Gasteiger partial charge in [-0.05, 0) is 48.2 Å². The number of rotatable bonds is 5. The molecule has 2 aromatic heterocycles. The summed E-state index contributed by atoms with van der Waals surface area (Å²) in [6.07, 6.45) is 1.12. The molecule has 0 aliphatic rings. The molecule has 4 aromatic rings. The van der Waals surface area contributed by atoms with Crippen LogP contribution in [0.2, 0.25) is 0 Å². The van der Waals surface area contributed by atoms with Crippen molar-refractivity contribution in [2.75, 3.05) is 0 Å². The normalized spacial score (nSPS) is 12.3. The van der Waals surface area contributed by atoms with E-state index in [9.17, 15) is 0 Å². The largest absolute Gasteiger partial charge is 0.438 e. The molecule has 1 atom stereocenters. The molecule has 0 fully saturated rings. The van der Waals surface area contributed by atoms with Crippen molar-refractivity contribution in [3.63, 3.8) is 0 Å². The van der Waals surface area contributed by atoms with Crippen LogP contribution in [0.1, 0.15) is 31.7 Å². The van der Waals surface area contributed by atoms with Crippen LogP contribution in [0.25, 0.3) is 17.0 Å². The summed E-state index contributed by atoms with van der Waals surface area (Å²) in [5.41, 5.74) is 2.92. The van der Waals surface area contributed by atoms with Gasteiger partial charge in [0, 0.05) is 16.1 Å². The van der Waals surface area contributed by atoms with E-state index in [4.69, 9.17) is 4.74 Å². The Morgan fingerprint density at radius 3 is 2.41 bits per heavy atom. The molecule has 0 radical (unpaired) electrons. The Bertz CT molecular complexity index is 1060. The van der Waals surface area contributed by atoms with Gasteiger partial charge in [-0.2, -0.15) is 4.52 Å². The molecule has 1 unspecified atom stereocenters. The lowest BCUT2D eigenvalue weighted by Crippen LogP contribution is -1.98. The number of aromatic nitrogens is 4. The van der Waals surface area contributed by atoms with E-state index >= 15 is 0 Å². The maximum absolute atomic E-state index is 5.94. The quantitative estimate of drug-likeness (QED) is 0.404. The van der Waals surface area contributed by atoms with Gasteiger partial charge in [-0.15, -0.1) is 15.3 Å². The van der Waals surface area contributed by atoms with Gasteiger partial charge in [0.15, 0.2) is 11.5 Å². The lowest BCUT2D eigenvalue weighted by molar-refractivity contribution is 0.452. The van der Waals surface area contributed by atoms with Gasteiger partial charge in [-0.3, -0.25) is 0 Å². The highest BCUT2D eigenvalue weighted by Gasteiger charge is 2.11. The smallest absolute Gasteiger partial charge is 0.237 e. The van der Waals surface area contributed by atoms with Crippen molar-refractivity contribution in [3.8, 4) is 23.0 Å². The van der Waals surface area contributed by atoms with Gasteiger partial charge in [-0.1, -0.05) is 54.0 Å². The molecule has 6 heteroatoms. The second-order valence-electron chi connectivity index (χ2n) is 6.45. The number of fused-ring (bicyclic) bond motifs is 1. The molecule has 0 saturated heterocycles. The molecule has 2 aromatic carbocycles. The van der Waals surface area contributed by atoms with Gasteiger partial charge < -0.3 is 4.74 Å². The van der Waals surface area contributed by atoms with Gasteiger partial charge in [0.05, 0.1) is 0 Å². The zero-order valence-electron chi connectivity index (χ0n) is 15.1. The molecule has 5 nitrogen and oxygen atoms in total. The van der Waals surface area contributed by atoms with Crippen LogP contribution in [0.15, 0.2) is 65.1 Å². The van der Waals surface area contributed by atoms with E-state index in [1.54, 1.807) is 10.6 Å². The Hall–Kier alpha value is -2.73. The number of hydrogen-bond acceptors (Lipinski definition) is 4. The van der Waals surface area contributed by atoms with Crippen molar-refractivity contribution in [3.05, 3.63) is 70.7 Å². The maximum atomic E-state index is 5.94. The van der Waals surface area contributed by atoms with Crippen LogP contribution in [0, 0.1) is 0 Å². The van der Waals surface area contributed by atoms with Gasteiger partial charge >= 0.3 is 0 Å². The molecule has 0 amide bonds. The highest BCUT2D eigenvalue weighted by atomic mass is 79.9. The summed E-state index contributed by atoms with van der Waals surface area (Å²) in [5.74, 6) is 2.47. The molecular weight excluding hydrogens is 404 g/mol. The van der Waals surface area contributed by atoms with Crippen LogP contribution in [0.4, 0.5) is 0 Å². The van der Waals surface area contributed by atoms with Crippen molar-refractivity contribution in [1.29, 1.82) is 0 Å². The average molecular weight is 423 g/mol. The fourth-order valence-corrected chi connectivity index (χ4v) is 3.09. The second kappa shape index (κ2) is 7.48. The van der Waals surface area contributed by atoms with E-state index in [2.05, 4.69) is 57.2 Å². The first kappa shape index (κ1) is 17.7. The molecule has 0 aliphatic carbocycles. The molecule has 0 aliphatic heterocycles. The minimum Gasteiger partial charge on any atom is -0.438 e. The van der Waals surface area contributed by atoms with Crippen molar-refractivity contribution in [2.24, 2.45) is 0 Å². The molecule has 0 spiro atoms. The summed E-state index contributed by atoms with van der Waals surface area (Å²) >= 11 is 3.45. The fourth-order valence-electron chi connectivity index (χ4n) is 2.83. The van der Waals surface area contributed by atoms with Gasteiger partial charge in [0.2, 0.25) is 5.88 Å². The Labute approximate surface area is 166 Å². The summed E-state index contributed by atoms with van der Waals surface area (Å²) in [4.78, 5) is 0. The van der Waals surface area contributed by atoms with Crippen LogP contribution in [0.3, 0.4) is 0 Å². The van der Waals surface area contributed by atoms with E-state index in [-0.39, 0.29) is 0 Å². The first-order valence-electron chi connectivity index (χ1n) is 8.90. The lowest BCUT2D eigenvalue weighted by Gasteiger charge is -2.10. The third-order valence-corrected chi connectivity index (χ3v) is 5.15. The van der Waals surface area contributed by atoms with Gasteiger partial charge in [-0.25, -0.2) is 0 Å². The van der Waals surface area contributed by atoms with Crippen LogP contribution in [-0.2, 0) is 0 Å². The molecule has 136 valence electrons. The predicted molar refractivity (Wildman–Crippen MR) is 109 cm³/mol. The van der Waals surface area contributed by atoms with E-state index in [1.165, 1.54) is 5.56 Å². The Balaban J connectivity index is 1.63. The van der Waals surface area contributed by atoms with E-state index < -0.39 is 0 Å². The van der Waals surface area contributed by atoms with Crippen LogP contribution >= 0.6 is 15.9 Å². The second-order valence-corrected chi connectivity index (χ2v) is 7.37. The zero-order chi connectivity index (χ0) is 18.8. The summed E-state index contributed by atoms with van der Waals surface area (Å²) in [6.45, 7) is 4.41. The lowest BCUT2D eigenvalue weighted by atomic mass is 9.99. The molecular formula is C21H19BrN4O. The highest BCUT2D eigenvalue weighted by molar-refractivity contribution is 9.10. The first-order chi connectivity index (χ1) is 13.1. The molecule has 0 saturated carbocycles. The van der Waals surface area contributed by atoms with Crippen molar-refractivity contribution in [2.45, 2.75) is 26.2 Å². The van der Waals surface area contributed by atoms with Crippen molar-refractivity contribution < 1.29 is 4.74 Å². The van der Waals surface area contributed by atoms with Crippen molar-refractivity contribution in [1.82, 2.24) is 19.8 Å². The standard InChI is InChI=1S/C21H19BrN4O/c1-3-14(2)15-6-10-18(11-7-15)27-20-13-12-19-23-24-21(26(19)25-20)16-4-8-17(22)9-5-16/h4-14H,3H2,1-2H3. The predicted octanol–water partition coefficient (Wildman–Crippen LogP) is 5.86. The average Bonchev–Trinajstić information content (AvgIpc) is 3.12. The third-order valence-electron chi connectivity index (χ3n) is 4.62. The number of ether oxygens (including phenoxy) is 1. The molecule has 0 N–H and O–H groups in total. The molecule has 27 heavy (non-hydrogen) atoms. The number of hydrogen-bond donors (Lipinski definition) is 0. The minimum absolute atomic E-state index is 0.497. The topological polar surface area (TPSA) is 52.3 Å². The Morgan fingerprint density at radius 1 is 0.963 bits per heavy atom. The Kier molecular flexibility index (Phi) is 4.90. The number of benzene rings is 2. The van der Waals surface area contributed by atoms with E-state index in [0.717, 1.165) is 22.2 Å². The highest BCUT2D eigenvalue weighted by Crippen LogP contribution is 2.26. The summed E-state index contributed by atoms with van der Waals surface area (Å²) in [7, 11) is 0. The van der Waals surface area contributed by atoms with E-state index in [0.29, 0.717) is 23.3 Å². The minimum atomic E-state index is 0.497. The summed E-state index contributed by atoms with van der Waals surface area (Å²) in [5, 5.41) is 13.0. The van der Waals surface area contributed by atoms with Crippen LogP contribution in [-0.4, -0.2) is 19.8 Å². The number of halogens is 1. The zero-order valence-corrected chi connectivity index (χ0v) is 16.7. The van der Waals surface area contributed by atoms with Crippen LogP contribution < -0.4 is 4.74 Å². The molecule has 2 heterocycles. The van der Waals surface area contributed by atoms with Gasteiger partial charge in [0.1, 0.15) is 5.75 Å². The summed E-state index contributed by atoms with van der Waals surface area (Å²) < 4.78 is 8.65. The molecule has 4 rings (SSSR count). The Morgan fingerprint density at radius 2 is 1.70 bits per heavy atom. The number of nitrogens with zero attached hydrogens (tertiary/aromatic N) is 4. The van der Waals surface area contributed by atoms with Crippen molar-refractivity contribution >= 4 is 21.6 Å². The third kappa shape index (κ3) is 3.71. The summed E-state index contributed by atoms with van der Waals surface area (Å²) in [6, 6.07) is 19.7. The maximum Gasteiger partial charge on any atom is 0.237 e. The van der Waals surface area contributed by atoms with Gasteiger partial charge in [0.25, 0.3) is 0 Å². The first-order valence-corrected chi connectivity index (χ1v) is 9.69. The monoisotopic (exact) mass is 422 g/mol. The fraction of sp³-hybridized carbons (Fsp3) is 0.190. The van der Waals surface area contributed by atoms with E-state index in [1.807, 2.05) is 42.5 Å². The SMILES string of the molecule is CCC(C)c1ccc(Oc2ccc3nnc(-c4ccc(Br)cc4)n3n2)cc1. The molecule has 0 bridgehead atoms.